The Balaban J connectivity index is 2.61. The van der Waals surface area contributed by atoms with E-state index in [0.29, 0.717) is 0 Å². The summed E-state index contributed by atoms with van der Waals surface area (Å²) in [5.74, 6) is 0. The topological polar surface area (TPSA) is 26.0 Å². The first-order valence-corrected chi connectivity index (χ1v) is 4.88. The van der Waals surface area contributed by atoms with E-state index in [9.17, 15) is 0 Å². The number of nitrogens with two attached hydrogens (primary N) is 1. The number of rotatable bonds is 0. The number of hydrogen-bond acceptors (Lipinski definition) is 1. The van der Waals surface area contributed by atoms with Crippen LogP contribution < -0.4 is 5.73 Å². The molecule has 0 bridgehead atoms. The Kier molecular flexibility index (Phi) is 1.74. The van der Waals surface area contributed by atoms with Gasteiger partial charge in [0.15, 0.2) is 0 Å². The molecule has 1 heteroatoms. The molecular formula is C12H17N. The third-order valence-electron chi connectivity index (χ3n) is 3.46. The summed E-state index contributed by atoms with van der Waals surface area (Å²) in [4.78, 5) is 0. The van der Waals surface area contributed by atoms with Crippen molar-refractivity contribution >= 4 is 0 Å². The van der Waals surface area contributed by atoms with Gasteiger partial charge in [0, 0.05) is 11.5 Å². The largest absolute Gasteiger partial charge is 0.327 e. The molecule has 70 valence electrons. The van der Waals surface area contributed by atoms with Crippen molar-refractivity contribution in [1.29, 1.82) is 0 Å². The van der Waals surface area contributed by atoms with Crippen molar-refractivity contribution in [2.45, 2.75) is 38.6 Å². The molecule has 0 fully saturated rings. The van der Waals surface area contributed by atoms with Crippen LogP contribution in [0.5, 0.6) is 0 Å². The fraction of sp³-hybridized carbons (Fsp3) is 0.500. The van der Waals surface area contributed by atoms with Crippen LogP contribution in [0.1, 0.15) is 30.5 Å². The quantitative estimate of drug-likeness (QED) is 0.642. The number of aryl methyl sites for hydroxylation is 1. The highest BCUT2D eigenvalue weighted by Crippen LogP contribution is 2.38. The number of benzene rings is 1. The minimum atomic E-state index is 0.154. The van der Waals surface area contributed by atoms with Gasteiger partial charge >= 0.3 is 0 Å². The predicted molar refractivity (Wildman–Crippen MR) is 55.9 cm³/mol. The second-order valence-electron chi connectivity index (χ2n) is 4.63. The van der Waals surface area contributed by atoms with Gasteiger partial charge in [-0.15, -0.1) is 0 Å². The van der Waals surface area contributed by atoms with Gasteiger partial charge in [0.05, 0.1) is 0 Å². The number of fused-ring (bicyclic) bond motifs is 1. The Labute approximate surface area is 80.0 Å². The van der Waals surface area contributed by atoms with Gasteiger partial charge in [-0.1, -0.05) is 32.0 Å². The van der Waals surface area contributed by atoms with Gasteiger partial charge in [0.1, 0.15) is 0 Å². The van der Waals surface area contributed by atoms with Crippen molar-refractivity contribution in [3.05, 3.63) is 34.9 Å². The minimum Gasteiger partial charge on any atom is -0.327 e. The standard InChI is InChI=1S/C12H17N/c1-8-5-4-6-10-9(8)7-11(13)12(10,2)3/h4-6,11H,7,13H2,1-3H3. The lowest BCUT2D eigenvalue weighted by atomic mass is 9.83. The van der Waals surface area contributed by atoms with Gasteiger partial charge in [0.25, 0.3) is 0 Å². The third-order valence-corrected chi connectivity index (χ3v) is 3.46. The van der Waals surface area contributed by atoms with Crippen LogP contribution in [0.2, 0.25) is 0 Å². The van der Waals surface area contributed by atoms with Gasteiger partial charge in [0.2, 0.25) is 0 Å². The molecule has 13 heavy (non-hydrogen) atoms. The van der Waals surface area contributed by atoms with Crippen LogP contribution in [0.25, 0.3) is 0 Å². The van der Waals surface area contributed by atoms with Crippen molar-refractivity contribution in [1.82, 2.24) is 0 Å². The van der Waals surface area contributed by atoms with Crippen LogP contribution in [0.4, 0.5) is 0 Å². The monoisotopic (exact) mass is 175 g/mol. The molecule has 1 atom stereocenters. The summed E-state index contributed by atoms with van der Waals surface area (Å²) in [6.45, 7) is 6.65. The predicted octanol–water partition coefficient (Wildman–Crippen LogP) is 2.16. The van der Waals surface area contributed by atoms with Crippen LogP contribution in [0.15, 0.2) is 18.2 Å². The molecule has 0 spiro atoms. The van der Waals surface area contributed by atoms with Crippen molar-refractivity contribution in [3.63, 3.8) is 0 Å². The zero-order chi connectivity index (χ0) is 9.64. The molecule has 1 aliphatic carbocycles. The Bertz CT molecular complexity index is 339. The Morgan fingerprint density at radius 1 is 1.38 bits per heavy atom. The van der Waals surface area contributed by atoms with Gasteiger partial charge in [-0.05, 0) is 30.0 Å². The van der Waals surface area contributed by atoms with Crippen molar-refractivity contribution in [3.8, 4) is 0 Å². The molecule has 1 aliphatic rings. The smallest absolute Gasteiger partial charge is 0.0172 e. The van der Waals surface area contributed by atoms with E-state index in [2.05, 4.69) is 39.0 Å². The molecule has 0 radical (unpaired) electrons. The van der Waals surface area contributed by atoms with Gasteiger partial charge in [-0.2, -0.15) is 0 Å². The molecule has 1 aromatic rings. The van der Waals surface area contributed by atoms with E-state index in [0.717, 1.165) is 6.42 Å². The van der Waals surface area contributed by atoms with Crippen LogP contribution in [-0.4, -0.2) is 6.04 Å². The first kappa shape index (κ1) is 8.76. The Morgan fingerprint density at radius 2 is 2.08 bits per heavy atom. The zero-order valence-corrected chi connectivity index (χ0v) is 8.59. The highest BCUT2D eigenvalue weighted by Gasteiger charge is 2.37. The third kappa shape index (κ3) is 1.11. The summed E-state index contributed by atoms with van der Waals surface area (Å²) < 4.78 is 0. The lowest BCUT2D eigenvalue weighted by Crippen LogP contribution is -2.36. The highest BCUT2D eigenvalue weighted by atomic mass is 14.7. The summed E-state index contributed by atoms with van der Waals surface area (Å²) in [5, 5.41) is 0. The van der Waals surface area contributed by atoms with E-state index < -0.39 is 0 Å². The van der Waals surface area contributed by atoms with Gasteiger partial charge < -0.3 is 5.73 Å². The summed E-state index contributed by atoms with van der Waals surface area (Å²) in [6, 6.07) is 6.81. The maximum absolute atomic E-state index is 6.13. The molecule has 0 saturated carbocycles. The second kappa shape index (κ2) is 2.58. The molecule has 2 N–H and O–H groups in total. The maximum atomic E-state index is 6.13. The molecule has 0 amide bonds. The molecule has 1 aromatic carbocycles. The summed E-state index contributed by atoms with van der Waals surface area (Å²) >= 11 is 0. The molecule has 2 rings (SSSR count). The minimum absolute atomic E-state index is 0.154. The van der Waals surface area contributed by atoms with Crippen molar-refractivity contribution in [2.24, 2.45) is 5.73 Å². The molecule has 1 unspecified atom stereocenters. The average molecular weight is 175 g/mol. The van der Waals surface area contributed by atoms with Gasteiger partial charge in [-0.3, -0.25) is 0 Å². The highest BCUT2D eigenvalue weighted by molar-refractivity contribution is 5.45. The molecular weight excluding hydrogens is 158 g/mol. The lowest BCUT2D eigenvalue weighted by molar-refractivity contribution is 0.445. The Morgan fingerprint density at radius 3 is 2.69 bits per heavy atom. The summed E-state index contributed by atoms with van der Waals surface area (Å²) in [7, 11) is 0. The molecule has 0 heterocycles. The van der Waals surface area contributed by atoms with Crippen molar-refractivity contribution < 1.29 is 0 Å². The second-order valence-corrected chi connectivity index (χ2v) is 4.63. The fourth-order valence-electron chi connectivity index (χ4n) is 2.25. The van der Waals surface area contributed by atoms with E-state index >= 15 is 0 Å². The van der Waals surface area contributed by atoms with Crippen LogP contribution >= 0.6 is 0 Å². The van der Waals surface area contributed by atoms with Crippen LogP contribution in [0.3, 0.4) is 0 Å². The van der Waals surface area contributed by atoms with E-state index in [4.69, 9.17) is 5.73 Å². The molecule has 0 aliphatic heterocycles. The summed E-state index contributed by atoms with van der Waals surface area (Å²) in [6.07, 6.45) is 1.04. The zero-order valence-electron chi connectivity index (χ0n) is 8.59. The maximum Gasteiger partial charge on any atom is 0.0172 e. The average Bonchev–Trinajstić information content (AvgIpc) is 2.28. The fourth-order valence-corrected chi connectivity index (χ4v) is 2.25. The molecule has 0 saturated heterocycles. The van der Waals surface area contributed by atoms with E-state index in [1.807, 2.05) is 0 Å². The summed E-state index contributed by atoms with van der Waals surface area (Å²) in [5.41, 5.74) is 10.6. The lowest BCUT2D eigenvalue weighted by Gasteiger charge is -2.24. The van der Waals surface area contributed by atoms with Crippen LogP contribution in [0, 0.1) is 6.92 Å². The van der Waals surface area contributed by atoms with Gasteiger partial charge in [-0.25, -0.2) is 0 Å². The van der Waals surface area contributed by atoms with E-state index in [1.165, 1.54) is 16.7 Å². The first-order chi connectivity index (χ1) is 6.03. The first-order valence-electron chi connectivity index (χ1n) is 4.88. The SMILES string of the molecule is Cc1cccc2c1CC(N)C2(C)C. The van der Waals surface area contributed by atoms with Crippen LogP contribution in [-0.2, 0) is 11.8 Å². The normalized spacial score (nSPS) is 24.5. The van der Waals surface area contributed by atoms with Crippen molar-refractivity contribution in [2.75, 3.05) is 0 Å². The Hall–Kier alpha value is -0.820. The molecule has 1 nitrogen and oxygen atoms in total. The van der Waals surface area contributed by atoms with E-state index in [1.54, 1.807) is 0 Å². The van der Waals surface area contributed by atoms with E-state index in [-0.39, 0.29) is 11.5 Å². The number of hydrogen-bond donors (Lipinski definition) is 1. The molecule has 0 aromatic heterocycles.